The Balaban J connectivity index is 1.85. The first-order valence-corrected chi connectivity index (χ1v) is 7.49. The van der Waals surface area contributed by atoms with E-state index >= 15 is 0 Å². The quantitative estimate of drug-likeness (QED) is 0.858. The molecule has 4 heteroatoms. The molecule has 1 aromatic rings. The van der Waals surface area contributed by atoms with Gasteiger partial charge in [0.15, 0.2) is 0 Å². The maximum atomic E-state index is 12.2. The number of imide groups is 1. The number of hydrogen-bond acceptors (Lipinski definition) is 3. The van der Waals surface area contributed by atoms with Crippen molar-refractivity contribution in [2.45, 2.75) is 31.9 Å². The summed E-state index contributed by atoms with van der Waals surface area (Å²) in [6.07, 6.45) is 7.60. The van der Waals surface area contributed by atoms with Crippen molar-refractivity contribution in [1.82, 2.24) is 4.90 Å². The Hall–Kier alpha value is -1.84. The van der Waals surface area contributed by atoms with Crippen LogP contribution in [0.25, 0.3) is 0 Å². The van der Waals surface area contributed by atoms with Crippen LogP contribution in [-0.2, 0) is 16.0 Å². The molecule has 0 aromatic heterocycles. The van der Waals surface area contributed by atoms with E-state index < -0.39 is 12.2 Å². The third-order valence-electron chi connectivity index (χ3n) is 3.98. The second-order valence-corrected chi connectivity index (χ2v) is 5.40. The molecular weight excluding hydrogens is 278 g/mol. The smallest absolute Gasteiger partial charge is 0.417 e. The van der Waals surface area contributed by atoms with Gasteiger partial charge in [-0.25, -0.2) is 9.69 Å². The Morgan fingerprint density at radius 3 is 2.50 bits per heavy atom. The van der Waals surface area contributed by atoms with Gasteiger partial charge >= 0.3 is 6.09 Å². The molecule has 1 saturated carbocycles. The first-order chi connectivity index (χ1) is 10.7. The molecule has 1 aliphatic heterocycles. The molecule has 2 atom stereocenters. The van der Waals surface area contributed by atoms with Gasteiger partial charge in [0, 0.05) is 12.3 Å². The van der Waals surface area contributed by atoms with Gasteiger partial charge in [0.2, 0.25) is 5.91 Å². The average molecular weight is 296 g/mol. The van der Waals surface area contributed by atoms with Crippen LogP contribution in [0.3, 0.4) is 0 Å². The highest BCUT2D eigenvalue weighted by molar-refractivity contribution is 5.94. The summed E-state index contributed by atoms with van der Waals surface area (Å²) in [7, 11) is 0. The molecule has 1 aliphatic carbocycles. The Labute approximate surface area is 131 Å². The van der Waals surface area contributed by atoms with Crippen LogP contribution in [0.1, 0.15) is 18.9 Å². The molecule has 22 heavy (non-hydrogen) atoms. The van der Waals surface area contributed by atoms with Crippen LogP contribution in [0.2, 0.25) is 0 Å². The standard InChI is InChI=1S/C18H18NO3/c1-2-16(20)19-15(12-13-8-4-3-5-9-13)17(22-18(19)21)14-10-6-7-11-14/h3-11,15,17H,2,12H2,1H3/t15-,17+/m1/s1. The summed E-state index contributed by atoms with van der Waals surface area (Å²) in [5.41, 5.74) is 1.08. The molecule has 0 bridgehead atoms. The maximum absolute atomic E-state index is 12.2. The minimum Gasteiger partial charge on any atom is -0.443 e. The zero-order valence-corrected chi connectivity index (χ0v) is 12.4. The van der Waals surface area contributed by atoms with Gasteiger partial charge in [-0.05, 0) is 37.7 Å². The maximum Gasteiger partial charge on any atom is 0.417 e. The Morgan fingerprint density at radius 2 is 1.86 bits per heavy atom. The van der Waals surface area contributed by atoms with Crippen LogP contribution in [0.4, 0.5) is 4.79 Å². The fourth-order valence-electron chi connectivity index (χ4n) is 2.89. The highest BCUT2D eigenvalue weighted by Gasteiger charge is 2.48. The van der Waals surface area contributed by atoms with Crippen LogP contribution >= 0.6 is 0 Å². The van der Waals surface area contributed by atoms with Crippen molar-refractivity contribution in [1.29, 1.82) is 0 Å². The van der Waals surface area contributed by atoms with E-state index in [1.54, 1.807) is 6.92 Å². The molecule has 1 aromatic carbocycles. The number of hydrogen-bond donors (Lipinski definition) is 0. The monoisotopic (exact) mass is 296 g/mol. The third-order valence-corrected chi connectivity index (χ3v) is 3.98. The van der Waals surface area contributed by atoms with Gasteiger partial charge in [0.25, 0.3) is 0 Å². The normalized spacial score (nSPS) is 25.5. The first kappa shape index (κ1) is 15.1. The van der Waals surface area contributed by atoms with E-state index in [1.807, 2.05) is 56.0 Å². The SMILES string of the molecule is CCC(=O)N1C(=O)O[C@@H]([C]2[CH][CH][CH][CH]2)[C@H]1Cc1ccccc1. The number of carbonyl (C=O) groups is 2. The van der Waals surface area contributed by atoms with E-state index in [2.05, 4.69) is 0 Å². The van der Waals surface area contributed by atoms with Gasteiger partial charge in [-0.2, -0.15) is 0 Å². The number of carbonyl (C=O) groups excluding carboxylic acids is 2. The largest absolute Gasteiger partial charge is 0.443 e. The molecule has 113 valence electrons. The van der Waals surface area contributed by atoms with Crippen LogP contribution in [0, 0.1) is 31.6 Å². The van der Waals surface area contributed by atoms with Crippen molar-refractivity contribution in [3.63, 3.8) is 0 Å². The zero-order chi connectivity index (χ0) is 15.5. The molecule has 2 amide bonds. The van der Waals surface area contributed by atoms with Crippen molar-refractivity contribution in [2.75, 3.05) is 0 Å². The molecule has 4 nitrogen and oxygen atoms in total. The van der Waals surface area contributed by atoms with Crippen LogP contribution in [0.15, 0.2) is 30.3 Å². The fourth-order valence-corrected chi connectivity index (χ4v) is 2.89. The summed E-state index contributed by atoms with van der Waals surface area (Å²) in [5.74, 6) is 0.737. The average Bonchev–Trinajstić information content (AvgIpc) is 3.16. The van der Waals surface area contributed by atoms with Crippen molar-refractivity contribution in [3.05, 3.63) is 67.5 Å². The molecule has 0 spiro atoms. The number of rotatable bonds is 4. The summed E-state index contributed by atoms with van der Waals surface area (Å²) in [5, 5.41) is 0. The van der Waals surface area contributed by atoms with Gasteiger partial charge in [0.05, 0.1) is 6.04 Å². The lowest BCUT2D eigenvalue weighted by molar-refractivity contribution is -0.128. The number of cyclic esters (lactones) is 1. The van der Waals surface area contributed by atoms with E-state index in [4.69, 9.17) is 4.74 Å². The van der Waals surface area contributed by atoms with Gasteiger partial charge < -0.3 is 4.74 Å². The molecule has 5 radical (unpaired) electrons. The number of amides is 2. The van der Waals surface area contributed by atoms with E-state index in [0.29, 0.717) is 6.42 Å². The Kier molecular flexibility index (Phi) is 4.46. The van der Waals surface area contributed by atoms with Crippen molar-refractivity contribution >= 4 is 12.0 Å². The van der Waals surface area contributed by atoms with E-state index in [9.17, 15) is 9.59 Å². The van der Waals surface area contributed by atoms with Gasteiger partial charge in [-0.3, -0.25) is 4.79 Å². The highest BCUT2D eigenvalue weighted by Crippen LogP contribution is 2.36. The molecule has 0 unspecified atom stereocenters. The minimum atomic E-state index is -0.543. The minimum absolute atomic E-state index is 0.194. The Morgan fingerprint density at radius 1 is 1.18 bits per heavy atom. The summed E-state index contributed by atoms with van der Waals surface area (Å²) in [6, 6.07) is 9.56. The Bertz CT molecular complexity index is 537. The molecule has 2 fully saturated rings. The van der Waals surface area contributed by atoms with Gasteiger partial charge in [-0.1, -0.05) is 37.3 Å². The number of benzene rings is 1. The molecule has 3 rings (SSSR count). The first-order valence-electron chi connectivity index (χ1n) is 7.49. The highest BCUT2D eigenvalue weighted by atomic mass is 16.6. The summed E-state index contributed by atoms with van der Waals surface area (Å²) in [6.45, 7) is 1.75. The van der Waals surface area contributed by atoms with Crippen LogP contribution in [-0.4, -0.2) is 29.0 Å². The van der Waals surface area contributed by atoms with E-state index in [0.717, 1.165) is 11.5 Å². The lowest BCUT2D eigenvalue weighted by atomic mass is 9.90. The predicted molar refractivity (Wildman–Crippen MR) is 81.8 cm³/mol. The second-order valence-electron chi connectivity index (χ2n) is 5.40. The van der Waals surface area contributed by atoms with Gasteiger partial charge in [0.1, 0.15) is 6.10 Å². The summed E-state index contributed by atoms with van der Waals surface area (Å²) in [4.78, 5) is 25.6. The van der Waals surface area contributed by atoms with Gasteiger partial charge in [-0.15, -0.1) is 0 Å². The molecule has 2 aliphatic rings. The predicted octanol–water partition coefficient (Wildman–Crippen LogP) is 2.76. The molecule has 1 heterocycles. The van der Waals surface area contributed by atoms with E-state index in [-0.39, 0.29) is 18.4 Å². The fraction of sp³-hybridized carbons (Fsp3) is 0.278. The lowest BCUT2D eigenvalue weighted by Gasteiger charge is -2.26. The van der Waals surface area contributed by atoms with Crippen molar-refractivity contribution in [3.8, 4) is 0 Å². The zero-order valence-electron chi connectivity index (χ0n) is 12.4. The third kappa shape index (κ3) is 2.87. The van der Waals surface area contributed by atoms with E-state index in [1.165, 1.54) is 4.90 Å². The van der Waals surface area contributed by atoms with Crippen molar-refractivity contribution in [2.24, 2.45) is 0 Å². The molecule has 0 N–H and O–H groups in total. The molecular formula is C18H18NO3. The van der Waals surface area contributed by atoms with Crippen LogP contribution in [0.5, 0.6) is 0 Å². The summed E-state index contributed by atoms with van der Waals surface area (Å²) < 4.78 is 5.49. The molecule has 1 saturated heterocycles. The number of nitrogens with zero attached hydrogens (tertiary/aromatic N) is 1. The number of ether oxygens (including phenoxy) is 1. The lowest BCUT2D eigenvalue weighted by Crippen LogP contribution is -2.43. The van der Waals surface area contributed by atoms with Crippen LogP contribution < -0.4 is 0 Å². The van der Waals surface area contributed by atoms with Crippen molar-refractivity contribution < 1.29 is 14.3 Å². The second kappa shape index (κ2) is 6.51. The topological polar surface area (TPSA) is 46.6 Å². The summed E-state index contributed by atoms with van der Waals surface area (Å²) >= 11 is 0.